The Morgan fingerprint density at radius 1 is 1.14 bits per heavy atom. The van der Waals surface area contributed by atoms with E-state index in [1.54, 1.807) is 52.2 Å². The Hall–Kier alpha value is -3.00. The van der Waals surface area contributed by atoms with Crippen LogP contribution in [0.15, 0.2) is 43.0 Å². The third kappa shape index (κ3) is 5.29. The smallest absolute Gasteiger partial charge is 0.411 e. The fraction of sp³-hybridized carbons (Fsp3) is 0.429. The van der Waals surface area contributed by atoms with E-state index in [-0.39, 0.29) is 5.91 Å². The topological polar surface area (TPSA) is 93.6 Å². The van der Waals surface area contributed by atoms with Gasteiger partial charge in [-0.2, -0.15) is 0 Å². The highest BCUT2D eigenvalue weighted by atomic mass is 16.6. The quantitative estimate of drug-likeness (QED) is 0.854. The summed E-state index contributed by atoms with van der Waals surface area (Å²) in [5.74, 6) is -0.321. The molecular formula is C21H26N4O4. The van der Waals surface area contributed by atoms with Crippen LogP contribution >= 0.6 is 0 Å². The molecule has 154 valence electrons. The summed E-state index contributed by atoms with van der Waals surface area (Å²) >= 11 is 0. The number of rotatable bonds is 3. The minimum Gasteiger partial charge on any atom is -0.444 e. The van der Waals surface area contributed by atoms with E-state index in [0.29, 0.717) is 18.8 Å². The molecule has 0 aliphatic carbocycles. The average molecular weight is 398 g/mol. The number of anilines is 1. The molecule has 8 heteroatoms. The van der Waals surface area contributed by atoms with Gasteiger partial charge in [0, 0.05) is 30.2 Å². The lowest BCUT2D eigenvalue weighted by Crippen LogP contribution is -2.58. The molecule has 0 radical (unpaired) electrons. The molecule has 2 heterocycles. The first-order valence-electron chi connectivity index (χ1n) is 9.52. The van der Waals surface area contributed by atoms with Gasteiger partial charge in [-0.1, -0.05) is 12.1 Å². The average Bonchev–Trinajstić information content (AvgIpc) is 2.67. The van der Waals surface area contributed by atoms with E-state index in [4.69, 9.17) is 9.47 Å². The van der Waals surface area contributed by atoms with Crippen molar-refractivity contribution in [3.8, 4) is 11.1 Å². The molecular weight excluding hydrogens is 372 g/mol. The van der Waals surface area contributed by atoms with Crippen LogP contribution in [0.2, 0.25) is 0 Å². The molecule has 3 rings (SSSR count). The molecule has 2 amide bonds. The van der Waals surface area contributed by atoms with Crippen molar-refractivity contribution in [3.05, 3.63) is 43.0 Å². The highest BCUT2D eigenvalue weighted by Gasteiger charge is 2.40. The van der Waals surface area contributed by atoms with Gasteiger partial charge in [0.1, 0.15) is 18.0 Å². The third-order valence-electron chi connectivity index (χ3n) is 4.44. The van der Waals surface area contributed by atoms with Gasteiger partial charge in [0.15, 0.2) is 0 Å². The van der Waals surface area contributed by atoms with Crippen molar-refractivity contribution in [1.82, 2.24) is 14.9 Å². The number of benzene rings is 1. The lowest BCUT2D eigenvalue weighted by Gasteiger charge is -2.39. The summed E-state index contributed by atoms with van der Waals surface area (Å²) < 4.78 is 11.1. The molecule has 1 aliphatic heterocycles. The molecule has 1 aromatic carbocycles. The minimum absolute atomic E-state index is 0.296. The van der Waals surface area contributed by atoms with Crippen LogP contribution in [-0.4, -0.2) is 57.8 Å². The summed E-state index contributed by atoms with van der Waals surface area (Å²) in [6.45, 7) is 7.82. The van der Waals surface area contributed by atoms with Crippen molar-refractivity contribution in [2.75, 3.05) is 18.5 Å². The number of aromatic nitrogens is 2. The maximum absolute atomic E-state index is 13.0. The van der Waals surface area contributed by atoms with E-state index < -0.39 is 23.8 Å². The van der Waals surface area contributed by atoms with E-state index in [1.807, 2.05) is 12.1 Å². The molecule has 1 aromatic heterocycles. The van der Waals surface area contributed by atoms with Crippen LogP contribution in [0.4, 0.5) is 10.5 Å². The number of carbonyl (C=O) groups is 2. The number of hydrogen-bond acceptors (Lipinski definition) is 6. The van der Waals surface area contributed by atoms with E-state index in [1.165, 1.54) is 11.2 Å². The third-order valence-corrected chi connectivity index (χ3v) is 4.44. The molecule has 0 saturated carbocycles. The zero-order valence-corrected chi connectivity index (χ0v) is 17.1. The van der Waals surface area contributed by atoms with Gasteiger partial charge in [-0.05, 0) is 45.4 Å². The molecule has 1 fully saturated rings. The Balaban J connectivity index is 1.72. The highest BCUT2D eigenvalue weighted by Crippen LogP contribution is 2.22. The lowest BCUT2D eigenvalue weighted by molar-refractivity contribution is -0.133. The van der Waals surface area contributed by atoms with Crippen LogP contribution in [0, 0.1) is 0 Å². The van der Waals surface area contributed by atoms with Gasteiger partial charge in [0.25, 0.3) is 0 Å². The SMILES string of the molecule is C[C@H]1OCCN(C(=O)OC(C)(C)C)[C@@H]1C(=O)Nc1ccc(-c2cncnc2)cc1. The Labute approximate surface area is 170 Å². The molecule has 29 heavy (non-hydrogen) atoms. The number of nitrogens with zero attached hydrogens (tertiary/aromatic N) is 3. The molecule has 0 unspecified atom stereocenters. The standard InChI is InChI=1S/C21H26N4O4/c1-14-18(25(9-10-28-14)20(27)29-21(2,3)4)19(26)24-17-7-5-15(6-8-17)16-11-22-13-23-12-16/h5-8,11-14,18H,9-10H2,1-4H3,(H,24,26)/t14-,18+/m1/s1. The van der Waals surface area contributed by atoms with E-state index in [0.717, 1.165) is 11.1 Å². The van der Waals surface area contributed by atoms with Crippen LogP contribution in [0.5, 0.6) is 0 Å². The van der Waals surface area contributed by atoms with Gasteiger partial charge in [-0.15, -0.1) is 0 Å². The minimum atomic E-state index is -0.777. The van der Waals surface area contributed by atoms with Crippen LogP contribution in [0.25, 0.3) is 11.1 Å². The van der Waals surface area contributed by atoms with Crippen molar-refractivity contribution in [3.63, 3.8) is 0 Å². The summed E-state index contributed by atoms with van der Waals surface area (Å²) in [4.78, 5) is 35.0. The van der Waals surface area contributed by atoms with Crippen LogP contribution in [0.1, 0.15) is 27.7 Å². The number of carbonyl (C=O) groups excluding carboxylic acids is 2. The number of amides is 2. The summed E-state index contributed by atoms with van der Waals surface area (Å²) in [7, 11) is 0. The fourth-order valence-electron chi connectivity index (χ4n) is 3.11. The van der Waals surface area contributed by atoms with Crippen molar-refractivity contribution in [1.29, 1.82) is 0 Å². The monoisotopic (exact) mass is 398 g/mol. The normalized spacial score (nSPS) is 19.5. The maximum Gasteiger partial charge on any atom is 0.411 e. The zero-order chi connectivity index (χ0) is 21.0. The predicted molar refractivity (Wildman–Crippen MR) is 108 cm³/mol. The molecule has 8 nitrogen and oxygen atoms in total. The van der Waals surface area contributed by atoms with E-state index in [2.05, 4.69) is 15.3 Å². The van der Waals surface area contributed by atoms with Crippen molar-refractivity contribution >= 4 is 17.7 Å². The number of morpholine rings is 1. The second kappa shape index (κ2) is 8.57. The molecule has 1 saturated heterocycles. The number of ether oxygens (including phenoxy) is 2. The van der Waals surface area contributed by atoms with Gasteiger partial charge in [-0.3, -0.25) is 9.69 Å². The van der Waals surface area contributed by atoms with Crippen LogP contribution in [0.3, 0.4) is 0 Å². The van der Waals surface area contributed by atoms with E-state index >= 15 is 0 Å². The van der Waals surface area contributed by atoms with Crippen molar-refractivity contribution in [2.45, 2.75) is 45.4 Å². The Bertz CT molecular complexity index is 849. The highest BCUT2D eigenvalue weighted by molar-refractivity contribution is 5.97. The molecule has 1 N–H and O–H groups in total. The van der Waals surface area contributed by atoms with Crippen molar-refractivity contribution in [2.24, 2.45) is 0 Å². The largest absolute Gasteiger partial charge is 0.444 e. The summed E-state index contributed by atoms with van der Waals surface area (Å²) in [6, 6.07) is 6.57. The van der Waals surface area contributed by atoms with Gasteiger partial charge >= 0.3 is 6.09 Å². The Kier molecular flexibility index (Phi) is 6.12. The molecule has 1 aliphatic rings. The zero-order valence-electron chi connectivity index (χ0n) is 17.1. The van der Waals surface area contributed by atoms with Crippen LogP contribution in [-0.2, 0) is 14.3 Å². The lowest BCUT2D eigenvalue weighted by atomic mass is 10.1. The molecule has 0 bridgehead atoms. The second-order valence-corrected chi connectivity index (χ2v) is 7.89. The molecule has 2 atom stereocenters. The number of nitrogens with one attached hydrogen (secondary N) is 1. The van der Waals surface area contributed by atoms with Gasteiger partial charge < -0.3 is 14.8 Å². The van der Waals surface area contributed by atoms with Gasteiger partial charge in [0.2, 0.25) is 5.91 Å². The first-order chi connectivity index (χ1) is 13.7. The molecule has 0 spiro atoms. The maximum atomic E-state index is 13.0. The van der Waals surface area contributed by atoms with Crippen molar-refractivity contribution < 1.29 is 19.1 Å². The first kappa shape index (κ1) is 20.7. The second-order valence-electron chi connectivity index (χ2n) is 7.89. The molecule has 2 aromatic rings. The summed E-state index contributed by atoms with van der Waals surface area (Å²) in [6.07, 6.45) is 3.95. The number of hydrogen-bond donors (Lipinski definition) is 1. The van der Waals surface area contributed by atoms with Crippen LogP contribution < -0.4 is 5.32 Å². The van der Waals surface area contributed by atoms with E-state index in [9.17, 15) is 9.59 Å². The fourth-order valence-corrected chi connectivity index (χ4v) is 3.11. The van der Waals surface area contributed by atoms with Gasteiger partial charge in [-0.25, -0.2) is 14.8 Å². The predicted octanol–water partition coefficient (Wildman–Crippen LogP) is 3.11. The van der Waals surface area contributed by atoms with Gasteiger partial charge in [0.05, 0.1) is 12.7 Å². The summed E-state index contributed by atoms with van der Waals surface area (Å²) in [5, 5.41) is 2.87. The summed E-state index contributed by atoms with van der Waals surface area (Å²) in [5.41, 5.74) is 1.80. The first-order valence-corrected chi connectivity index (χ1v) is 9.52. The Morgan fingerprint density at radius 2 is 1.79 bits per heavy atom. The Morgan fingerprint density at radius 3 is 2.41 bits per heavy atom.